The molecule has 2 rings (SSSR count). The van der Waals surface area contributed by atoms with Gasteiger partial charge < -0.3 is 10.1 Å². The molecule has 0 bridgehead atoms. The predicted octanol–water partition coefficient (Wildman–Crippen LogP) is 2.96. The first-order valence-corrected chi connectivity index (χ1v) is 6.64. The topological polar surface area (TPSA) is 21.3 Å². The third-order valence-electron chi connectivity index (χ3n) is 3.46. The highest BCUT2D eigenvalue weighted by Gasteiger charge is 2.12. The van der Waals surface area contributed by atoms with Gasteiger partial charge in [-0.1, -0.05) is 23.8 Å². The summed E-state index contributed by atoms with van der Waals surface area (Å²) < 4.78 is 5.70. The molecular formula is C15H23NO. The van der Waals surface area contributed by atoms with Gasteiger partial charge in [0, 0.05) is 19.7 Å². The number of hydrogen-bond donors (Lipinski definition) is 1. The molecule has 1 atom stereocenters. The van der Waals surface area contributed by atoms with Gasteiger partial charge >= 0.3 is 0 Å². The lowest BCUT2D eigenvalue weighted by Crippen LogP contribution is -2.31. The maximum Gasteiger partial charge on any atom is 0.0699 e. The fourth-order valence-electron chi connectivity index (χ4n) is 2.38. The van der Waals surface area contributed by atoms with Crippen LogP contribution in [0.4, 0.5) is 0 Å². The highest BCUT2D eigenvalue weighted by atomic mass is 16.5. The second-order valence-electron chi connectivity index (χ2n) is 5.05. The second-order valence-corrected chi connectivity index (χ2v) is 5.05. The largest absolute Gasteiger partial charge is 0.377 e. The minimum Gasteiger partial charge on any atom is -0.377 e. The second kappa shape index (κ2) is 6.18. The highest BCUT2D eigenvalue weighted by molar-refractivity contribution is 5.30. The van der Waals surface area contributed by atoms with Gasteiger partial charge in [-0.15, -0.1) is 0 Å². The summed E-state index contributed by atoms with van der Waals surface area (Å²) in [7, 11) is 0. The van der Waals surface area contributed by atoms with Crippen molar-refractivity contribution in [1.82, 2.24) is 5.32 Å². The molecule has 1 unspecified atom stereocenters. The zero-order chi connectivity index (χ0) is 12.1. The molecule has 0 radical (unpaired) electrons. The molecule has 0 saturated carbocycles. The number of rotatable bonds is 4. The van der Waals surface area contributed by atoms with Crippen LogP contribution < -0.4 is 5.32 Å². The van der Waals surface area contributed by atoms with Gasteiger partial charge in [-0.05, 0) is 44.2 Å². The van der Waals surface area contributed by atoms with E-state index < -0.39 is 0 Å². The lowest BCUT2D eigenvalue weighted by Gasteiger charge is -2.23. The Morgan fingerprint density at radius 3 is 2.88 bits per heavy atom. The van der Waals surface area contributed by atoms with E-state index in [1.165, 1.54) is 36.0 Å². The molecule has 1 aliphatic heterocycles. The summed E-state index contributed by atoms with van der Waals surface area (Å²) in [6, 6.07) is 6.65. The number of benzene rings is 1. The average molecular weight is 233 g/mol. The van der Waals surface area contributed by atoms with Crippen molar-refractivity contribution in [2.45, 2.75) is 45.8 Å². The summed E-state index contributed by atoms with van der Waals surface area (Å²) in [5, 5.41) is 3.51. The van der Waals surface area contributed by atoms with Crippen molar-refractivity contribution in [2.24, 2.45) is 0 Å². The molecule has 1 aromatic carbocycles. The van der Waals surface area contributed by atoms with Crippen LogP contribution in [-0.4, -0.2) is 19.3 Å². The van der Waals surface area contributed by atoms with E-state index in [1.54, 1.807) is 0 Å². The van der Waals surface area contributed by atoms with Crippen molar-refractivity contribution < 1.29 is 4.74 Å². The van der Waals surface area contributed by atoms with E-state index in [-0.39, 0.29) is 0 Å². The molecule has 0 aliphatic carbocycles. The molecule has 0 aromatic heterocycles. The van der Waals surface area contributed by atoms with Crippen molar-refractivity contribution in [3.8, 4) is 0 Å². The normalized spacial score (nSPS) is 20.5. The van der Waals surface area contributed by atoms with Crippen LogP contribution in [0, 0.1) is 13.8 Å². The molecule has 2 nitrogen and oxygen atoms in total. The quantitative estimate of drug-likeness (QED) is 0.863. The maximum atomic E-state index is 5.70. The average Bonchev–Trinajstić information content (AvgIpc) is 2.33. The lowest BCUT2D eigenvalue weighted by atomic mass is 10.1. The number of hydrogen-bond acceptors (Lipinski definition) is 2. The van der Waals surface area contributed by atoms with Crippen LogP contribution in [0.5, 0.6) is 0 Å². The molecule has 1 heterocycles. The van der Waals surface area contributed by atoms with E-state index in [1.807, 2.05) is 0 Å². The minimum absolute atomic E-state index is 0.425. The molecule has 0 spiro atoms. The Bertz CT molecular complexity index is 356. The summed E-state index contributed by atoms with van der Waals surface area (Å²) in [5.74, 6) is 0. The van der Waals surface area contributed by atoms with Crippen molar-refractivity contribution in [2.75, 3.05) is 13.2 Å². The first kappa shape index (κ1) is 12.6. The summed E-state index contributed by atoms with van der Waals surface area (Å²) in [6.45, 7) is 7.19. The number of ether oxygens (including phenoxy) is 1. The van der Waals surface area contributed by atoms with E-state index >= 15 is 0 Å². The molecule has 1 fully saturated rings. The van der Waals surface area contributed by atoms with E-state index in [0.717, 1.165) is 19.7 Å². The van der Waals surface area contributed by atoms with E-state index in [2.05, 4.69) is 37.4 Å². The third kappa shape index (κ3) is 3.83. The van der Waals surface area contributed by atoms with Crippen LogP contribution in [0.25, 0.3) is 0 Å². The highest BCUT2D eigenvalue weighted by Crippen LogP contribution is 2.13. The smallest absolute Gasteiger partial charge is 0.0699 e. The van der Waals surface area contributed by atoms with Crippen LogP contribution in [0.1, 0.15) is 36.0 Å². The predicted molar refractivity (Wildman–Crippen MR) is 71.2 cm³/mol. The molecule has 94 valence electrons. The molecule has 1 N–H and O–H groups in total. The number of aryl methyl sites for hydroxylation is 2. The molecule has 1 aromatic rings. The lowest BCUT2D eigenvalue weighted by molar-refractivity contribution is 0.0168. The van der Waals surface area contributed by atoms with Crippen LogP contribution in [0.2, 0.25) is 0 Å². The molecule has 0 amide bonds. The zero-order valence-corrected chi connectivity index (χ0v) is 11.0. The number of nitrogens with one attached hydrogen (secondary N) is 1. The van der Waals surface area contributed by atoms with Gasteiger partial charge in [0.05, 0.1) is 6.10 Å². The maximum absolute atomic E-state index is 5.70. The van der Waals surface area contributed by atoms with Crippen LogP contribution in [0.15, 0.2) is 18.2 Å². The Morgan fingerprint density at radius 1 is 1.29 bits per heavy atom. The van der Waals surface area contributed by atoms with E-state index in [4.69, 9.17) is 4.74 Å². The van der Waals surface area contributed by atoms with E-state index in [9.17, 15) is 0 Å². The van der Waals surface area contributed by atoms with E-state index in [0.29, 0.717) is 6.10 Å². The Kier molecular flexibility index (Phi) is 4.57. The molecule has 17 heavy (non-hydrogen) atoms. The van der Waals surface area contributed by atoms with Crippen molar-refractivity contribution in [1.29, 1.82) is 0 Å². The van der Waals surface area contributed by atoms with Crippen molar-refractivity contribution >= 4 is 0 Å². The molecular weight excluding hydrogens is 210 g/mol. The fraction of sp³-hybridized carbons (Fsp3) is 0.600. The van der Waals surface area contributed by atoms with Gasteiger partial charge in [0.2, 0.25) is 0 Å². The zero-order valence-electron chi connectivity index (χ0n) is 11.0. The van der Waals surface area contributed by atoms with Crippen molar-refractivity contribution in [3.63, 3.8) is 0 Å². The Labute approximate surface area is 104 Å². The van der Waals surface area contributed by atoms with Gasteiger partial charge in [0.15, 0.2) is 0 Å². The van der Waals surface area contributed by atoms with Crippen LogP contribution in [0.3, 0.4) is 0 Å². The Balaban J connectivity index is 1.77. The first-order valence-electron chi connectivity index (χ1n) is 6.64. The summed E-state index contributed by atoms with van der Waals surface area (Å²) in [6.07, 6.45) is 4.18. The van der Waals surface area contributed by atoms with Gasteiger partial charge in [-0.25, -0.2) is 0 Å². The molecule has 2 heteroatoms. The Morgan fingerprint density at radius 2 is 2.18 bits per heavy atom. The molecule has 1 aliphatic rings. The van der Waals surface area contributed by atoms with Crippen molar-refractivity contribution in [3.05, 3.63) is 34.9 Å². The van der Waals surface area contributed by atoms with Gasteiger partial charge in [-0.2, -0.15) is 0 Å². The third-order valence-corrected chi connectivity index (χ3v) is 3.46. The summed E-state index contributed by atoms with van der Waals surface area (Å²) >= 11 is 0. The Hall–Kier alpha value is -0.860. The van der Waals surface area contributed by atoms with Gasteiger partial charge in [-0.3, -0.25) is 0 Å². The SMILES string of the molecule is Cc1ccc(CNCC2CCCCO2)c(C)c1. The van der Waals surface area contributed by atoms with Gasteiger partial charge in [0.1, 0.15) is 0 Å². The monoisotopic (exact) mass is 233 g/mol. The minimum atomic E-state index is 0.425. The summed E-state index contributed by atoms with van der Waals surface area (Å²) in [5.41, 5.74) is 4.11. The van der Waals surface area contributed by atoms with Gasteiger partial charge in [0.25, 0.3) is 0 Å². The van der Waals surface area contributed by atoms with Crippen LogP contribution in [-0.2, 0) is 11.3 Å². The summed E-state index contributed by atoms with van der Waals surface area (Å²) in [4.78, 5) is 0. The van der Waals surface area contributed by atoms with Crippen LogP contribution >= 0.6 is 0 Å². The first-order chi connectivity index (χ1) is 8.25. The molecule has 1 saturated heterocycles. The fourth-order valence-corrected chi connectivity index (χ4v) is 2.38. The standard InChI is InChI=1S/C15H23NO/c1-12-6-7-14(13(2)9-12)10-16-11-15-5-3-4-8-17-15/h6-7,9,15-16H,3-5,8,10-11H2,1-2H3.